The molecular weight excluding hydrogens is 254 g/mol. The summed E-state index contributed by atoms with van der Waals surface area (Å²) in [6, 6.07) is 3.88. The molecule has 5 heteroatoms. The van der Waals surface area contributed by atoms with Gasteiger partial charge in [0.15, 0.2) is 0 Å². The molecule has 0 saturated carbocycles. The lowest BCUT2D eigenvalue weighted by Crippen LogP contribution is -2.23. The number of nitrogens with zero attached hydrogens (tertiary/aromatic N) is 1. The summed E-state index contributed by atoms with van der Waals surface area (Å²) in [5.41, 5.74) is 0.0251. The maximum absolute atomic E-state index is 13.6. The van der Waals surface area contributed by atoms with E-state index in [0.717, 1.165) is 25.1 Å². The number of nitriles is 1. The summed E-state index contributed by atoms with van der Waals surface area (Å²) in [5, 5.41) is 12.2. The highest BCUT2D eigenvalue weighted by molar-refractivity contribution is 8.00. The second-order valence-electron chi connectivity index (χ2n) is 4.30. The first kappa shape index (κ1) is 13.3. The smallest absolute Gasteiger partial charge is 0.131 e. The summed E-state index contributed by atoms with van der Waals surface area (Å²) in [4.78, 5) is 0. The Bertz CT molecular complexity index is 442. The molecule has 1 aromatic carbocycles. The van der Waals surface area contributed by atoms with Crippen LogP contribution in [0.25, 0.3) is 0 Å². The van der Waals surface area contributed by atoms with Crippen molar-refractivity contribution in [1.29, 1.82) is 5.26 Å². The zero-order chi connectivity index (χ0) is 13.0. The lowest BCUT2D eigenvalue weighted by molar-refractivity contribution is 0.532. The number of nitrogens with one attached hydrogen (secondary N) is 1. The Morgan fingerprint density at radius 2 is 2.11 bits per heavy atom. The van der Waals surface area contributed by atoms with Crippen LogP contribution < -0.4 is 5.32 Å². The number of hydrogen-bond donors (Lipinski definition) is 1. The summed E-state index contributed by atoms with van der Waals surface area (Å²) in [5.74, 6) is -0.136. The fraction of sp³-hybridized carbons (Fsp3) is 0.462. The van der Waals surface area contributed by atoms with Crippen molar-refractivity contribution < 1.29 is 8.78 Å². The highest BCUT2D eigenvalue weighted by Gasteiger charge is 2.16. The molecule has 1 aliphatic rings. The van der Waals surface area contributed by atoms with Gasteiger partial charge >= 0.3 is 0 Å². The summed E-state index contributed by atoms with van der Waals surface area (Å²) in [6.07, 6.45) is 2.38. The van der Waals surface area contributed by atoms with Gasteiger partial charge in [-0.2, -0.15) is 17.0 Å². The Hall–Kier alpha value is -1.12. The van der Waals surface area contributed by atoms with Gasteiger partial charge < -0.3 is 5.32 Å². The van der Waals surface area contributed by atoms with E-state index >= 15 is 0 Å². The molecule has 0 amide bonds. The van der Waals surface area contributed by atoms with E-state index in [9.17, 15) is 8.78 Å². The highest BCUT2D eigenvalue weighted by atomic mass is 32.2. The van der Waals surface area contributed by atoms with Crippen LogP contribution >= 0.6 is 11.8 Å². The van der Waals surface area contributed by atoms with Gasteiger partial charge in [0.05, 0.1) is 11.6 Å². The lowest BCUT2D eigenvalue weighted by atomic mass is 10.1. The van der Waals surface area contributed by atoms with Crippen molar-refractivity contribution in [3.8, 4) is 6.07 Å². The van der Waals surface area contributed by atoms with E-state index in [-0.39, 0.29) is 17.7 Å². The average Bonchev–Trinajstić information content (AvgIpc) is 2.85. The number of rotatable bonds is 4. The highest BCUT2D eigenvalue weighted by Crippen LogP contribution is 2.25. The fourth-order valence-corrected chi connectivity index (χ4v) is 3.24. The van der Waals surface area contributed by atoms with Crippen LogP contribution in [0.4, 0.5) is 8.78 Å². The van der Waals surface area contributed by atoms with Crippen LogP contribution in [0.3, 0.4) is 0 Å². The SMILES string of the molecule is N#Cc1cc(F)c(CNCC2CCCS2)c(F)c1. The average molecular weight is 268 g/mol. The van der Waals surface area contributed by atoms with Crippen molar-refractivity contribution in [2.75, 3.05) is 12.3 Å². The minimum Gasteiger partial charge on any atom is -0.311 e. The van der Waals surface area contributed by atoms with Gasteiger partial charge in [-0.1, -0.05) is 0 Å². The van der Waals surface area contributed by atoms with Crippen molar-refractivity contribution in [1.82, 2.24) is 5.32 Å². The van der Waals surface area contributed by atoms with Crippen molar-refractivity contribution in [2.24, 2.45) is 0 Å². The Morgan fingerprint density at radius 3 is 2.67 bits per heavy atom. The summed E-state index contributed by atoms with van der Waals surface area (Å²) in [7, 11) is 0. The predicted octanol–water partition coefficient (Wildman–Crippen LogP) is 2.82. The number of hydrogen-bond acceptors (Lipinski definition) is 3. The van der Waals surface area contributed by atoms with Crippen LogP contribution in [0.2, 0.25) is 0 Å². The summed E-state index contributed by atoms with van der Waals surface area (Å²) < 4.78 is 27.1. The standard InChI is InChI=1S/C13H14F2N2S/c14-12-4-9(6-16)5-13(15)11(12)8-17-7-10-2-1-3-18-10/h4-5,10,17H,1-3,7-8H2. The second-order valence-corrected chi connectivity index (χ2v) is 5.70. The fourth-order valence-electron chi connectivity index (χ4n) is 2.00. The third-order valence-electron chi connectivity index (χ3n) is 2.97. The second kappa shape index (κ2) is 6.17. The minimum atomic E-state index is -0.655. The molecule has 1 aliphatic heterocycles. The first-order valence-electron chi connectivity index (χ1n) is 5.91. The van der Waals surface area contributed by atoms with E-state index in [4.69, 9.17) is 5.26 Å². The minimum absolute atomic E-state index is 0.0111. The van der Waals surface area contributed by atoms with Gasteiger partial charge in [-0.25, -0.2) is 8.78 Å². The van der Waals surface area contributed by atoms with Crippen molar-refractivity contribution >= 4 is 11.8 Å². The number of thioether (sulfide) groups is 1. The Morgan fingerprint density at radius 1 is 1.39 bits per heavy atom. The zero-order valence-corrected chi connectivity index (χ0v) is 10.7. The first-order chi connectivity index (χ1) is 8.70. The molecule has 18 heavy (non-hydrogen) atoms. The molecule has 0 bridgehead atoms. The van der Waals surface area contributed by atoms with Crippen molar-refractivity contribution in [2.45, 2.75) is 24.6 Å². The number of halogens is 2. The molecule has 0 radical (unpaired) electrons. The Labute approximate surface area is 109 Å². The topological polar surface area (TPSA) is 35.8 Å². The maximum Gasteiger partial charge on any atom is 0.131 e. The molecule has 1 atom stereocenters. The molecule has 1 aromatic rings. The molecule has 0 aliphatic carbocycles. The van der Waals surface area contributed by atoms with Crippen LogP contribution in [-0.2, 0) is 6.54 Å². The van der Waals surface area contributed by atoms with Gasteiger partial charge in [0.25, 0.3) is 0 Å². The van der Waals surface area contributed by atoms with Crippen LogP contribution in [0.1, 0.15) is 24.0 Å². The molecule has 1 N–H and O–H groups in total. The van der Waals surface area contributed by atoms with Gasteiger partial charge in [-0.05, 0) is 30.7 Å². The Balaban J connectivity index is 1.94. The van der Waals surface area contributed by atoms with Gasteiger partial charge in [0.1, 0.15) is 11.6 Å². The molecule has 96 valence electrons. The molecular formula is C13H14F2N2S. The van der Waals surface area contributed by atoms with Crippen LogP contribution in [-0.4, -0.2) is 17.5 Å². The normalized spacial score (nSPS) is 18.8. The van der Waals surface area contributed by atoms with E-state index < -0.39 is 11.6 Å². The molecule has 1 heterocycles. The van der Waals surface area contributed by atoms with Gasteiger partial charge in [0, 0.05) is 23.9 Å². The molecule has 2 nitrogen and oxygen atoms in total. The molecule has 0 aromatic heterocycles. The molecule has 1 unspecified atom stereocenters. The van der Waals surface area contributed by atoms with E-state index in [0.29, 0.717) is 5.25 Å². The van der Waals surface area contributed by atoms with Crippen molar-refractivity contribution in [3.05, 3.63) is 34.9 Å². The third kappa shape index (κ3) is 3.21. The first-order valence-corrected chi connectivity index (χ1v) is 6.96. The monoisotopic (exact) mass is 268 g/mol. The van der Waals surface area contributed by atoms with Gasteiger partial charge in [-0.15, -0.1) is 0 Å². The van der Waals surface area contributed by atoms with Crippen LogP contribution in [0, 0.1) is 23.0 Å². The van der Waals surface area contributed by atoms with E-state index in [2.05, 4.69) is 5.32 Å². The quantitative estimate of drug-likeness (QED) is 0.912. The lowest BCUT2D eigenvalue weighted by Gasteiger charge is -2.11. The third-order valence-corrected chi connectivity index (χ3v) is 4.37. The number of benzene rings is 1. The summed E-state index contributed by atoms with van der Waals surface area (Å²) in [6.45, 7) is 0.935. The van der Waals surface area contributed by atoms with Gasteiger partial charge in [0.2, 0.25) is 0 Å². The molecule has 1 saturated heterocycles. The largest absolute Gasteiger partial charge is 0.311 e. The van der Waals surface area contributed by atoms with Gasteiger partial charge in [-0.3, -0.25) is 0 Å². The maximum atomic E-state index is 13.6. The molecule has 2 rings (SSSR count). The van der Waals surface area contributed by atoms with E-state index in [1.165, 1.54) is 12.2 Å². The van der Waals surface area contributed by atoms with E-state index in [1.807, 2.05) is 11.8 Å². The molecule has 1 fully saturated rings. The van der Waals surface area contributed by atoms with Crippen molar-refractivity contribution in [3.63, 3.8) is 0 Å². The Kier molecular flexibility index (Phi) is 4.56. The predicted molar refractivity (Wildman–Crippen MR) is 68.3 cm³/mol. The van der Waals surface area contributed by atoms with E-state index in [1.54, 1.807) is 6.07 Å². The zero-order valence-electron chi connectivity index (χ0n) is 9.88. The van der Waals surface area contributed by atoms with Crippen LogP contribution in [0.15, 0.2) is 12.1 Å². The molecule has 0 spiro atoms. The summed E-state index contributed by atoms with van der Waals surface area (Å²) >= 11 is 1.90. The van der Waals surface area contributed by atoms with Crippen LogP contribution in [0.5, 0.6) is 0 Å².